The Morgan fingerprint density at radius 3 is 2.76 bits per heavy atom. The van der Waals surface area contributed by atoms with Gasteiger partial charge in [0.05, 0.1) is 11.0 Å². The summed E-state index contributed by atoms with van der Waals surface area (Å²) in [5, 5.41) is 13.9. The Kier molecular flexibility index (Phi) is 7.42. The molecule has 0 amide bonds. The molecule has 21 heavy (non-hydrogen) atoms. The van der Waals surface area contributed by atoms with Crippen molar-refractivity contribution in [2.75, 3.05) is 11.9 Å². The standard InChI is InChI=1S/C14H24N4O3/c1-4-6-7-8-9-11(3)21-13-12(18(19)20)10-16-14(17-13)15-5-2/h10-11H,4-9H2,1-3H3,(H,15,16,17). The summed E-state index contributed by atoms with van der Waals surface area (Å²) in [6.45, 7) is 6.61. The zero-order valence-corrected chi connectivity index (χ0v) is 13.0. The Morgan fingerprint density at radius 2 is 2.14 bits per heavy atom. The molecule has 0 aromatic carbocycles. The highest BCUT2D eigenvalue weighted by Crippen LogP contribution is 2.26. The quantitative estimate of drug-likeness (QED) is 0.403. The second-order valence-corrected chi connectivity index (χ2v) is 4.95. The average molecular weight is 296 g/mol. The van der Waals surface area contributed by atoms with Gasteiger partial charge in [0, 0.05) is 6.54 Å². The number of ether oxygens (including phenoxy) is 1. The van der Waals surface area contributed by atoms with Crippen LogP contribution < -0.4 is 10.1 Å². The number of hydrogen-bond donors (Lipinski definition) is 1. The van der Waals surface area contributed by atoms with Crippen molar-refractivity contribution in [3.05, 3.63) is 16.3 Å². The summed E-state index contributed by atoms with van der Waals surface area (Å²) in [5.74, 6) is 0.380. The van der Waals surface area contributed by atoms with Crippen molar-refractivity contribution in [1.82, 2.24) is 9.97 Å². The van der Waals surface area contributed by atoms with Crippen LogP contribution in [0, 0.1) is 10.1 Å². The number of nitrogens with one attached hydrogen (secondary N) is 1. The fourth-order valence-electron chi connectivity index (χ4n) is 1.92. The predicted octanol–water partition coefficient (Wildman–Crippen LogP) is 3.55. The van der Waals surface area contributed by atoms with Crippen LogP contribution in [0.1, 0.15) is 52.9 Å². The first-order valence-corrected chi connectivity index (χ1v) is 7.50. The summed E-state index contributed by atoms with van der Waals surface area (Å²) in [7, 11) is 0. The van der Waals surface area contributed by atoms with Gasteiger partial charge in [-0.1, -0.05) is 26.2 Å². The van der Waals surface area contributed by atoms with Gasteiger partial charge in [-0.3, -0.25) is 10.1 Å². The van der Waals surface area contributed by atoms with Crippen molar-refractivity contribution in [3.8, 4) is 5.88 Å². The zero-order valence-electron chi connectivity index (χ0n) is 13.0. The highest BCUT2D eigenvalue weighted by atomic mass is 16.6. The molecule has 118 valence electrons. The second-order valence-electron chi connectivity index (χ2n) is 4.95. The van der Waals surface area contributed by atoms with Crippen molar-refractivity contribution in [2.45, 2.75) is 59.0 Å². The second kappa shape index (κ2) is 9.10. The first-order chi connectivity index (χ1) is 10.1. The lowest BCUT2D eigenvalue weighted by Gasteiger charge is -2.14. The molecule has 1 rings (SSSR count). The van der Waals surface area contributed by atoms with E-state index in [0.29, 0.717) is 12.5 Å². The third kappa shape index (κ3) is 5.93. The van der Waals surface area contributed by atoms with Crippen molar-refractivity contribution in [1.29, 1.82) is 0 Å². The number of nitro groups is 1. The lowest BCUT2D eigenvalue weighted by atomic mass is 10.1. The maximum absolute atomic E-state index is 11.0. The molecule has 0 saturated carbocycles. The summed E-state index contributed by atoms with van der Waals surface area (Å²) >= 11 is 0. The minimum atomic E-state index is -0.519. The Bertz CT molecular complexity index is 454. The van der Waals surface area contributed by atoms with Gasteiger partial charge in [0.1, 0.15) is 6.20 Å². The van der Waals surface area contributed by atoms with Gasteiger partial charge in [0.2, 0.25) is 5.95 Å². The summed E-state index contributed by atoms with van der Waals surface area (Å²) in [4.78, 5) is 18.5. The van der Waals surface area contributed by atoms with Crippen LogP contribution in [0.15, 0.2) is 6.20 Å². The molecule has 7 heteroatoms. The molecule has 7 nitrogen and oxygen atoms in total. The molecule has 1 N–H and O–H groups in total. The Hall–Kier alpha value is -1.92. The number of hydrogen-bond acceptors (Lipinski definition) is 6. The van der Waals surface area contributed by atoms with Crippen LogP contribution in [0.5, 0.6) is 5.88 Å². The number of unbranched alkanes of at least 4 members (excludes halogenated alkanes) is 3. The molecular weight excluding hydrogens is 272 g/mol. The molecule has 1 atom stereocenters. The van der Waals surface area contributed by atoms with Crippen LogP contribution in [-0.4, -0.2) is 27.5 Å². The molecule has 0 fully saturated rings. The minimum Gasteiger partial charge on any atom is -0.470 e. The highest BCUT2D eigenvalue weighted by Gasteiger charge is 2.20. The molecule has 1 aromatic rings. The minimum absolute atomic E-state index is 0.0361. The van der Waals surface area contributed by atoms with Gasteiger partial charge < -0.3 is 10.1 Å². The molecular formula is C14H24N4O3. The fourth-order valence-corrected chi connectivity index (χ4v) is 1.92. The summed E-state index contributed by atoms with van der Waals surface area (Å²) in [6.07, 6.45) is 6.52. The van der Waals surface area contributed by atoms with Gasteiger partial charge in [-0.15, -0.1) is 0 Å². The largest absolute Gasteiger partial charge is 0.470 e. The number of rotatable bonds is 10. The zero-order chi connectivity index (χ0) is 15.7. The molecule has 0 aliphatic rings. The molecule has 0 bridgehead atoms. The van der Waals surface area contributed by atoms with Crippen LogP contribution in [-0.2, 0) is 0 Å². The summed E-state index contributed by atoms with van der Waals surface area (Å²) in [5.41, 5.74) is -0.197. The van der Waals surface area contributed by atoms with Gasteiger partial charge in [-0.2, -0.15) is 4.98 Å². The monoisotopic (exact) mass is 296 g/mol. The molecule has 0 radical (unpaired) electrons. The highest BCUT2D eigenvalue weighted by molar-refractivity contribution is 5.43. The lowest BCUT2D eigenvalue weighted by molar-refractivity contribution is -0.386. The molecule has 1 aromatic heterocycles. The maximum Gasteiger partial charge on any atom is 0.349 e. The summed E-state index contributed by atoms with van der Waals surface area (Å²) in [6, 6.07) is 0. The Balaban J connectivity index is 2.69. The fraction of sp³-hybridized carbons (Fsp3) is 0.714. The molecule has 0 saturated heterocycles. The predicted molar refractivity (Wildman–Crippen MR) is 81.7 cm³/mol. The third-order valence-corrected chi connectivity index (χ3v) is 3.04. The number of aromatic nitrogens is 2. The van der Waals surface area contributed by atoms with Crippen LogP contribution in [0.2, 0.25) is 0 Å². The third-order valence-electron chi connectivity index (χ3n) is 3.04. The van der Waals surface area contributed by atoms with Crippen LogP contribution in [0.25, 0.3) is 0 Å². The van der Waals surface area contributed by atoms with Gasteiger partial charge in [0.15, 0.2) is 0 Å². The van der Waals surface area contributed by atoms with Gasteiger partial charge >= 0.3 is 5.69 Å². The topological polar surface area (TPSA) is 90.2 Å². The van der Waals surface area contributed by atoms with E-state index in [-0.39, 0.29) is 17.7 Å². The average Bonchev–Trinajstić information content (AvgIpc) is 2.44. The summed E-state index contributed by atoms with van der Waals surface area (Å²) < 4.78 is 5.64. The smallest absolute Gasteiger partial charge is 0.349 e. The molecule has 1 heterocycles. The van der Waals surface area contributed by atoms with Crippen molar-refractivity contribution in [3.63, 3.8) is 0 Å². The first-order valence-electron chi connectivity index (χ1n) is 7.50. The Morgan fingerprint density at radius 1 is 1.38 bits per heavy atom. The van der Waals surface area contributed by atoms with Gasteiger partial charge in [-0.05, 0) is 26.7 Å². The molecule has 0 aliphatic heterocycles. The number of anilines is 1. The van der Waals surface area contributed by atoms with Crippen molar-refractivity contribution >= 4 is 11.6 Å². The lowest BCUT2D eigenvalue weighted by Crippen LogP contribution is -2.15. The molecule has 0 spiro atoms. The normalized spacial score (nSPS) is 12.0. The van der Waals surface area contributed by atoms with E-state index in [9.17, 15) is 10.1 Å². The van der Waals surface area contributed by atoms with E-state index in [1.807, 2.05) is 13.8 Å². The van der Waals surface area contributed by atoms with Crippen LogP contribution in [0.3, 0.4) is 0 Å². The SMILES string of the molecule is CCCCCCC(C)Oc1nc(NCC)ncc1[N+](=O)[O-]. The Labute approximate surface area is 125 Å². The van der Waals surface area contributed by atoms with E-state index >= 15 is 0 Å². The molecule has 0 aliphatic carbocycles. The van der Waals surface area contributed by atoms with Crippen LogP contribution >= 0.6 is 0 Å². The van der Waals surface area contributed by atoms with E-state index in [0.717, 1.165) is 19.3 Å². The van der Waals surface area contributed by atoms with E-state index in [1.54, 1.807) is 0 Å². The first kappa shape index (κ1) is 17.1. The van der Waals surface area contributed by atoms with E-state index < -0.39 is 4.92 Å². The van der Waals surface area contributed by atoms with Crippen molar-refractivity contribution in [2.24, 2.45) is 0 Å². The van der Waals surface area contributed by atoms with E-state index in [1.165, 1.54) is 19.0 Å². The maximum atomic E-state index is 11.0. The van der Waals surface area contributed by atoms with Crippen molar-refractivity contribution < 1.29 is 9.66 Å². The number of nitrogens with zero attached hydrogens (tertiary/aromatic N) is 3. The van der Waals surface area contributed by atoms with E-state index in [2.05, 4.69) is 22.2 Å². The molecule has 1 unspecified atom stereocenters. The van der Waals surface area contributed by atoms with Gasteiger partial charge in [-0.25, -0.2) is 4.98 Å². The van der Waals surface area contributed by atoms with Crippen LogP contribution in [0.4, 0.5) is 11.6 Å². The van der Waals surface area contributed by atoms with E-state index in [4.69, 9.17) is 4.74 Å². The van der Waals surface area contributed by atoms with Gasteiger partial charge in [0.25, 0.3) is 5.88 Å².